The maximum Gasteiger partial charge on any atom is 0.266 e. The third-order valence-electron chi connectivity index (χ3n) is 4.86. The van der Waals surface area contributed by atoms with Crippen LogP contribution in [0, 0.1) is 6.92 Å². The summed E-state index contributed by atoms with van der Waals surface area (Å²) >= 11 is 0. The largest absolute Gasteiger partial charge is 0.299 e. The molecule has 5 heteroatoms. The van der Waals surface area contributed by atoms with Crippen LogP contribution in [0.5, 0.6) is 0 Å². The first-order chi connectivity index (χ1) is 13.1. The highest BCUT2D eigenvalue weighted by Crippen LogP contribution is 2.30. The Labute approximate surface area is 155 Å². The number of carbonyl (C=O) groups excluding carboxylic acids is 2. The normalized spacial score (nSPS) is 13.4. The first kappa shape index (κ1) is 15.5. The minimum atomic E-state index is -0.298. The molecule has 0 atom stereocenters. The van der Waals surface area contributed by atoms with Crippen LogP contribution in [0.1, 0.15) is 26.3 Å². The lowest BCUT2D eigenvalue weighted by Gasteiger charge is -2.14. The van der Waals surface area contributed by atoms with Crippen molar-refractivity contribution < 1.29 is 9.59 Å². The van der Waals surface area contributed by atoms with Gasteiger partial charge in [0.1, 0.15) is 6.33 Å². The molecular weight excluding hydrogens is 338 g/mol. The van der Waals surface area contributed by atoms with Crippen molar-refractivity contribution in [3.8, 4) is 5.69 Å². The second-order valence-corrected chi connectivity index (χ2v) is 6.62. The van der Waals surface area contributed by atoms with Crippen LogP contribution in [-0.2, 0) is 0 Å². The maximum atomic E-state index is 12.7. The smallest absolute Gasteiger partial charge is 0.266 e. The van der Waals surface area contributed by atoms with Crippen molar-refractivity contribution in [2.24, 2.45) is 0 Å². The van der Waals surface area contributed by atoms with Crippen LogP contribution in [0.3, 0.4) is 0 Å². The van der Waals surface area contributed by atoms with Crippen molar-refractivity contribution in [3.05, 3.63) is 89.7 Å². The number of hydrogen-bond acceptors (Lipinski definition) is 3. The average Bonchev–Trinajstić information content (AvgIpc) is 3.21. The summed E-state index contributed by atoms with van der Waals surface area (Å²) in [6.45, 7) is 2.04. The summed E-state index contributed by atoms with van der Waals surface area (Å²) in [4.78, 5) is 31.1. The lowest BCUT2D eigenvalue weighted by Crippen LogP contribution is -2.29. The first-order valence-electron chi connectivity index (χ1n) is 8.65. The molecule has 5 rings (SSSR count). The number of carbonyl (C=O) groups is 2. The minimum Gasteiger partial charge on any atom is -0.299 e. The topological polar surface area (TPSA) is 55.2 Å². The number of nitrogens with zero attached hydrogens (tertiary/aromatic N) is 3. The van der Waals surface area contributed by atoms with Crippen molar-refractivity contribution in [2.75, 3.05) is 4.90 Å². The van der Waals surface area contributed by atoms with E-state index in [1.165, 1.54) is 4.90 Å². The van der Waals surface area contributed by atoms with Gasteiger partial charge in [0.05, 0.1) is 27.8 Å². The Kier molecular flexibility index (Phi) is 3.24. The van der Waals surface area contributed by atoms with Crippen LogP contribution >= 0.6 is 0 Å². The summed E-state index contributed by atoms with van der Waals surface area (Å²) in [5.74, 6) is -0.596. The zero-order valence-corrected chi connectivity index (χ0v) is 14.6. The number of anilines is 1. The number of imide groups is 1. The van der Waals surface area contributed by atoms with E-state index < -0.39 is 0 Å². The monoisotopic (exact) mass is 353 g/mol. The molecule has 1 aliphatic heterocycles. The standard InChI is InChI=1S/C22H15N3O2/c1-14-5-4-6-15(11-14)24-13-23-19-12-16(9-10-20(19)24)25-21(26)17-7-2-3-8-18(17)22(25)27/h2-13H,1H3. The van der Waals surface area contributed by atoms with Gasteiger partial charge in [0.15, 0.2) is 0 Å². The summed E-state index contributed by atoms with van der Waals surface area (Å²) in [6, 6.07) is 20.5. The molecule has 0 aliphatic carbocycles. The molecule has 0 saturated carbocycles. The van der Waals surface area contributed by atoms with E-state index in [-0.39, 0.29) is 11.8 Å². The summed E-state index contributed by atoms with van der Waals surface area (Å²) < 4.78 is 1.99. The van der Waals surface area contributed by atoms with Gasteiger partial charge in [0.2, 0.25) is 0 Å². The fraction of sp³-hybridized carbons (Fsp3) is 0.0455. The van der Waals surface area contributed by atoms with E-state index in [0.717, 1.165) is 22.3 Å². The van der Waals surface area contributed by atoms with E-state index in [1.54, 1.807) is 42.7 Å². The van der Waals surface area contributed by atoms with Gasteiger partial charge in [-0.25, -0.2) is 9.88 Å². The van der Waals surface area contributed by atoms with Crippen LogP contribution in [-0.4, -0.2) is 21.4 Å². The van der Waals surface area contributed by atoms with Gasteiger partial charge in [-0.15, -0.1) is 0 Å². The summed E-state index contributed by atoms with van der Waals surface area (Å²) in [5.41, 5.74) is 5.23. The summed E-state index contributed by atoms with van der Waals surface area (Å²) in [7, 11) is 0. The Bertz CT molecular complexity index is 1200. The first-order valence-corrected chi connectivity index (χ1v) is 8.65. The second-order valence-electron chi connectivity index (χ2n) is 6.62. The molecule has 1 aliphatic rings. The predicted molar refractivity (Wildman–Crippen MR) is 103 cm³/mol. The fourth-order valence-electron chi connectivity index (χ4n) is 3.55. The fourth-order valence-corrected chi connectivity index (χ4v) is 3.55. The third kappa shape index (κ3) is 2.29. The number of hydrogen-bond donors (Lipinski definition) is 0. The van der Waals surface area contributed by atoms with Crippen molar-refractivity contribution >= 4 is 28.5 Å². The van der Waals surface area contributed by atoms with Crippen LogP contribution in [0.15, 0.2) is 73.1 Å². The van der Waals surface area contributed by atoms with Gasteiger partial charge in [0, 0.05) is 5.69 Å². The molecule has 2 heterocycles. The predicted octanol–water partition coefficient (Wildman–Crippen LogP) is 4.13. The van der Waals surface area contributed by atoms with Gasteiger partial charge in [0.25, 0.3) is 11.8 Å². The average molecular weight is 353 g/mol. The molecule has 4 aromatic rings. The van der Waals surface area contributed by atoms with Crippen molar-refractivity contribution in [1.29, 1.82) is 0 Å². The van der Waals surface area contributed by atoms with Gasteiger partial charge < -0.3 is 0 Å². The molecule has 0 N–H and O–H groups in total. The minimum absolute atomic E-state index is 0.298. The van der Waals surface area contributed by atoms with Crippen molar-refractivity contribution in [3.63, 3.8) is 0 Å². The molecule has 0 radical (unpaired) electrons. The quantitative estimate of drug-likeness (QED) is 0.509. The highest BCUT2D eigenvalue weighted by Gasteiger charge is 2.36. The molecular formula is C22H15N3O2. The Hall–Kier alpha value is -3.73. The van der Waals surface area contributed by atoms with Gasteiger partial charge in [-0.3, -0.25) is 14.2 Å². The zero-order valence-electron chi connectivity index (χ0n) is 14.6. The van der Waals surface area contributed by atoms with E-state index >= 15 is 0 Å². The molecule has 0 spiro atoms. The molecule has 1 aromatic heterocycles. The highest BCUT2D eigenvalue weighted by atomic mass is 16.2. The number of fused-ring (bicyclic) bond motifs is 2. The Morgan fingerprint density at radius 2 is 1.52 bits per heavy atom. The number of aryl methyl sites for hydroxylation is 1. The molecule has 0 bridgehead atoms. The molecule has 27 heavy (non-hydrogen) atoms. The zero-order chi connectivity index (χ0) is 18.5. The Morgan fingerprint density at radius 1 is 0.778 bits per heavy atom. The third-order valence-corrected chi connectivity index (χ3v) is 4.86. The molecule has 5 nitrogen and oxygen atoms in total. The van der Waals surface area contributed by atoms with Crippen molar-refractivity contribution in [1.82, 2.24) is 9.55 Å². The van der Waals surface area contributed by atoms with E-state index in [1.807, 2.05) is 35.8 Å². The molecule has 3 aromatic carbocycles. The number of rotatable bonds is 2. The van der Waals surface area contributed by atoms with Gasteiger partial charge in [-0.05, 0) is 55.0 Å². The lowest BCUT2D eigenvalue weighted by molar-refractivity contribution is 0.0926. The van der Waals surface area contributed by atoms with Crippen LogP contribution in [0.4, 0.5) is 5.69 Å². The van der Waals surface area contributed by atoms with E-state index in [4.69, 9.17) is 0 Å². The summed E-state index contributed by atoms with van der Waals surface area (Å²) in [5, 5.41) is 0. The van der Waals surface area contributed by atoms with Gasteiger partial charge >= 0.3 is 0 Å². The van der Waals surface area contributed by atoms with Gasteiger partial charge in [-0.1, -0.05) is 24.3 Å². The Morgan fingerprint density at radius 3 is 2.22 bits per heavy atom. The van der Waals surface area contributed by atoms with Crippen LogP contribution < -0.4 is 4.90 Å². The molecule has 130 valence electrons. The molecule has 2 amide bonds. The highest BCUT2D eigenvalue weighted by molar-refractivity contribution is 6.34. The van der Waals surface area contributed by atoms with Gasteiger partial charge in [-0.2, -0.15) is 0 Å². The van der Waals surface area contributed by atoms with Crippen molar-refractivity contribution in [2.45, 2.75) is 6.92 Å². The maximum absolute atomic E-state index is 12.7. The summed E-state index contributed by atoms with van der Waals surface area (Å²) in [6.07, 6.45) is 1.76. The van der Waals surface area contributed by atoms with E-state index in [9.17, 15) is 9.59 Å². The number of aromatic nitrogens is 2. The second kappa shape index (κ2) is 5.64. The van der Waals surface area contributed by atoms with Crippen LogP contribution in [0.25, 0.3) is 16.7 Å². The Balaban J connectivity index is 1.59. The number of imidazole rings is 1. The lowest BCUT2D eigenvalue weighted by atomic mass is 10.1. The molecule has 0 fully saturated rings. The number of amides is 2. The van der Waals surface area contributed by atoms with Crippen LogP contribution in [0.2, 0.25) is 0 Å². The number of benzene rings is 3. The SMILES string of the molecule is Cc1cccc(-n2cnc3cc(N4C(=O)c5ccccc5C4=O)ccc32)c1. The molecule has 0 unspecified atom stereocenters. The van der Waals surface area contributed by atoms with E-state index in [0.29, 0.717) is 16.8 Å². The van der Waals surface area contributed by atoms with E-state index in [2.05, 4.69) is 11.1 Å². The molecule has 0 saturated heterocycles.